The van der Waals surface area contributed by atoms with Gasteiger partial charge in [0.25, 0.3) is 5.91 Å². The van der Waals surface area contributed by atoms with Gasteiger partial charge in [0.2, 0.25) is 10.0 Å². The van der Waals surface area contributed by atoms with Crippen molar-refractivity contribution in [2.75, 3.05) is 20.7 Å². The van der Waals surface area contributed by atoms with Gasteiger partial charge in [-0.1, -0.05) is 12.1 Å². The Hall–Kier alpha value is -2.78. The fraction of sp³-hybridized carbons (Fsp3) is 0.263. The Morgan fingerprint density at radius 3 is 2.18 bits per heavy atom. The number of carbonyl (C=O) groups is 2. The average Bonchev–Trinajstić information content (AvgIpc) is 2.66. The Kier molecular flexibility index (Phi) is 6.87. The minimum atomic E-state index is -3.59. The Morgan fingerprint density at radius 2 is 1.64 bits per heavy atom. The van der Waals surface area contributed by atoms with Gasteiger partial charge in [-0.25, -0.2) is 21.9 Å². The van der Waals surface area contributed by atoms with Crippen LogP contribution in [0.25, 0.3) is 0 Å². The molecule has 150 valence electrons. The molecule has 0 saturated heterocycles. The smallest absolute Gasteiger partial charge is 0.338 e. The van der Waals surface area contributed by atoms with Gasteiger partial charge in [-0.05, 0) is 48.9 Å². The second kappa shape index (κ2) is 8.94. The number of sulfonamides is 1. The molecule has 0 heterocycles. The number of halogens is 1. The molecule has 0 radical (unpaired) electrons. The van der Waals surface area contributed by atoms with Crippen LogP contribution in [0.1, 0.15) is 28.9 Å². The van der Waals surface area contributed by atoms with Crippen molar-refractivity contribution in [3.63, 3.8) is 0 Å². The van der Waals surface area contributed by atoms with E-state index in [1.54, 1.807) is 19.1 Å². The Morgan fingerprint density at radius 1 is 1.07 bits per heavy atom. The molecule has 2 aromatic carbocycles. The summed E-state index contributed by atoms with van der Waals surface area (Å²) in [6.07, 6.45) is 0. The number of esters is 1. The number of carbonyl (C=O) groups excluding carboxylic acids is 2. The van der Waals surface area contributed by atoms with Crippen molar-refractivity contribution in [1.82, 2.24) is 9.62 Å². The van der Waals surface area contributed by atoms with Crippen molar-refractivity contribution >= 4 is 21.9 Å². The molecular formula is C19H21FN2O5S. The predicted octanol–water partition coefficient (Wildman–Crippen LogP) is 2.11. The van der Waals surface area contributed by atoms with Crippen molar-refractivity contribution < 1.29 is 27.1 Å². The number of rotatable bonds is 7. The molecule has 0 unspecified atom stereocenters. The topological polar surface area (TPSA) is 92.8 Å². The minimum absolute atomic E-state index is 0.0416. The van der Waals surface area contributed by atoms with Crippen LogP contribution in [0.2, 0.25) is 0 Å². The first kappa shape index (κ1) is 21.5. The summed E-state index contributed by atoms with van der Waals surface area (Å²) in [6, 6.07) is 10.5. The summed E-state index contributed by atoms with van der Waals surface area (Å²) in [6.45, 7) is 1.22. The van der Waals surface area contributed by atoms with Crippen molar-refractivity contribution in [2.45, 2.75) is 17.9 Å². The Bertz CT molecular complexity index is 941. The van der Waals surface area contributed by atoms with Crippen LogP contribution in [-0.2, 0) is 19.6 Å². The fourth-order valence-corrected chi connectivity index (χ4v) is 3.21. The monoisotopic (exact) mass is 408 g/mol. The van der Waals surface area contributed by atoms with E-state index in [-0.39, 0.29) is 22.3 Å². The number of nitrogens with zero attached hydrogens (tertiary/aromatic N) is 1. The van der Waals surface area contributed by atoms with Gasteiger partial charge in [-0.15, -0.1) is 0 Å². The third-order valence-corrected chi connectivity index (χ3v) is 5.78. The first-order valence-corrected chi connectivity index (χ1v) is 9.80. The molecule has 2 rings (SSSR count). The lowest BCUT2D eigenvalue weighted by molar-refractivity contribution is -0.124. The van der Waals surface area contributed by atoms with E-state index in [2.05, 4.69) is 5.32 Å². The first-order valence-electron chi connectivity index (χ1n) is 8.36. The molecule has 0 aliphatic carbocycles. The molecule has 0 aromatic heterocycles. The lowest BCUT2D eigenvalue weighted by Crippen LogP contribution is -2.31. The minimum Gasteiger partial charge on any atom is -0.452 e. The van der Waals surface area contributed by atoms with Crippen molar-refractivity contribution in [3.8, 4) is 0 Å². The normalized spacial score (nSPS) is 12.5. The summed E-state index contributed by atoms with van der Waals surface area (Å²) in [5.74, 6) is -1.64. The zero-order chi connectivity index (χ0) is 20.9. The van der Waals surface area contributed by atoms with Crippen LogP contribution in [0.5, 0.6) is 0 Å². The maximum atomic E-state index is 12.9. The van der Waals surface area contributed by atoms with E-state index in [4.69, 9.17) is 4.74 Å². The fourth-order valence-electron chi connectivity index (χ4n) is 2.31. The van der Waals surface area contributed by atoms with Gasteiger partial charge < -0.3 is 10.1 Å². The van der Waals surface area contributed by atoms with Crippen LogP contribution in [0, 0.1) is 5.82 Å². The van der Waals surface area contributed by atoms with Crippen LogP contribution < -0.4 is 5.32 Å². The molecule has 1 atom stereocenters. The highest BCUT2D eigenvalue weighted by atomic mass is 32.2. The van der Waals surface area contributed by atoms with Gasteiger partial charge in [-0.2, -0.15) is 0 Å². The molecule has 7 nitrogen and oxygen atoms in total. The van der Waals surface area contributed by atoms with Crippen molar-refractivity contribution in [2.24, 2.45) is 0 Å². The summed E-state index contributed by atoms with van der Waals surface area (Å²) >= 11 is 0. The third-order valence-electron chi connectivity index (χ3n) is 3.95. The number of hydrogen-bond donors (Lipinski definition) is 1. The van der Waals surface area contributed by atoms with E-state index in [9.17, 15) is 22.4 Å². The van der Waals surface area contributed by atoms with Gasteiger partial charge in [0.15, 0.2) is 6.61 Å². The molecule has 0 spiro atoms. The largest absolute Gasteiger partial charge is 0.452 e. The first-order chi connectivity index (χ1) is 13.1. The summed E-state index contributed by atoms with van der Waals surface area (Å²) < 4.78 is 42.9. The van der Waals surface area contributed by atoms with Crippen LogP contribution in [0.15, 0.2) is 53.4 Å². The lowest BCUT2D eigenvalue weighted by Gasteiger charge is -2.14. The highest BCUT2D eigenvalue weighted by Gasteiger charge is 2.18. The van der Waals surface area contributed by atoms with E-state index in [1.165, 1.54) is 50.5 Å². The summed E-state index contributed by atoms with van der Waals surface area (Å²) in [5, 5.41) is 2.64. The van der Waals surface area contributed by atoms with E-state index in [0.29, 0.717) is 5.56 Å². The van der Waals surface area contributed by atoms with Gasteiger partial charge in [0, 0.05) is 14.1 Å². The molecule has 0 aliphatic heterocycles. The highest BCUT2D eigenvalue weighted by Crippen LogP contribution is 2.15. The maximum Gasteiger partial charge on any atom is 0.338 e. The number of benzene rings is 2. The van der Waals surface area contributed by atoms with Crippen molar-refractivity contribution in [1.29, 1.82) is 0 Å². The second-order valence-electron chi connectivity index (χ2n) is 6.23. The molecular weight excluding hydrogens is 387 g/mol. The van der Waals surface area contributed by atoms with Gasteiger partial charge in [-0.3, -0.25) is 4.79 Å². The number of ether oxygens (including phenoxy) is 1. The van der Waals surface area contributed by atoms with E-state index in [0.717, 1.165) is 4.31 Å². The van der Waals surface area contributed by atoms with Gasteiger partial charge in [0.1, 0.15) is 5.82 Å². The highest BCUT2D eigenvalue weighted by molar-refractivity contribution is 7.89. The van der Waals surface area contributed by atoms with Gasteiger partial charge in [0.05, 0.1) is 16.5 Å². The molecule has 2 aromatic rings. The quantitative estimate of drug-likeness (QED) is 0.709. The molecule has 1 amide bonds. The van der Waals surface area contributed by atoms with Crippen molar-refractivity contribution in [3.05, 3.63) is 65.5 Å². The number of hydrogen-bond acceptors (Lipinski definition) is 5. The van der Waals surface area contributed by atoms with E-state index < -0.39 is 28.5 Å². The lowest BCUT2D eigenvalue weighted by atomic mass is 10.1. The summed E-state index contributed by atoms with van der Waals surface area (Å²) in [5.41, 5.74) is 0.829. The standard InChI is InChI=1S/C19H21FN2O5S/c1-13(14-4-8-16(20)9-5-14)21-18(23)12-27-19(24)15-6-10-17(11-7-15)28(25,26)22(2)3/h4-11,13H,12H2,1-3H3,(H,21,23)/t13-/m1/s1. The second-order valence-corrected chi connectivity index (χ2v) is 8.38. The summed E-state index contributed by atoms with van der Waals surface area (Å²) in [4.78, 5) is 24.0. The van der Waals surface area contributed by atoms with Crippen LogP contribution in [0.3, 0.4) is 0 Å². The average molecular weight is 408 g/mol. The molecule has 0 fully saturated rings. The molecule has 9 heteroatoms. The van der Waals surface area contributed by atoms with Crippen LogP contribution in [-0.4, -0.2) is 45.3 Å². The predicted molar refractivity (Wildman–Crippen MR) is 101 cm³/mol. The SMILES string of the molecule is C[C@@H](NC(=O)COC(=O)c1ccc(S(=O)(=O)N(C)C)cc1)c1ccc(F)cc1. The zero-order valence-corrected chi connectivity index (χ0v) is 16.5. The maximum absolute atomic E-state index is 12.9. The zero-order valence-electron chi connectivity index (χ0n) is 15.7. The third kappa shape index (κ3) is 5.37. The van der Waals surface area contributed by atoms with E-state index in [1.807, 2.05) is 0 Å². The van der Waals surface area contributed by atoms with Crippen LogP contribution in [0.4, 0.5) is 4.39 Å². The molecule has 0 bridgehead atoms. The molecule has 0 saturated carbocycles. The molecule has 28 heavy (non-hydrogen) atoms. The molecule has 0 aliphatic rings. The van der Waals surface area contributed by atoms with Gasteiger partial charge >= 0.3 is 5.97 Å². The Labute approximate surface area is 163 Å². The summed E-state index contributed by atoms with van der Waals surface area (Å²) in [7, 11) is -0.782. The number of nitrogens with one attached hydrogen (secondary N) is 1. The van der Waals surface area contributed by atoms with E-state index >= 15 is 0 Å². The van der Waals surface area contributed by atoms with Crippen LogP contribution >= 0.6 is 0 Å². The molecule has 1 N–H and O–H groups in total. The Balaban J connectivity index is 1.91. The number of amides is 1.